The number of alkyl halides is 2. The number of carboxylic acids is 1. The summed E-state index contributed by atoms with van der Waals surface area (Å²) in [5.74, 6) is -2.04. The molecule has 0 radical (unpaired) electrons. The Morgan fingerprint density at radius 3 is 2.75 bits per heavy atom. The average molecular weight is 430 g/mol. The first-order valence-corrected chi connectivity index (χ1v) is 9.28. The van der Waals surface area contributed by atoms with E-state index in [1.54, 1.807) is 6.07 Å². The van der Waals surface area contributed by atoms with E-state index in [9.17, 15) is 23.2 Å². The summed E-state index contributed by atoms with van der Waals surface area (Å²) in [4.78, 5) is 36.0. The Labute approximate surface area is 168 Å². The summed E-state index contributed by atoms with van der Waals surface area (Å²) in [6.07, 6.45) is 1.75. The lowest BCUT2D eigenvalue weighted by molar-refractivity contribution is -0.137. The fourth-order valence-corrected chi connectivity index (χ4v) is 3.60. The summed E-state index contributed by atoms with van der Waals surface area (Å²) in [6.45, 7) is -3.28. The van der Waals surface area contributed by atoms with Crippen molar-refractivity contribution in [2.45, 2.75) is 19.5 Å². The molecule has 0 bridgehead atoms. The molecule has 0 spiro atoms. The summed E-state index contributed by atoms with van der Waals surface area (Å²) >= 11 is 6.20. The van der Waals surface area contributed by atoms with E-state index in [2.05, 4.69) is 10.1 Å². The molecule has 1 fully saturated rings. The van der Waals surface area contributed by atoms with Gasteiger partial charge in [0.25, 0.3) is 5.91 Å². The molecule has 28 heavy (non-hydrogen) atoms. The summed E-state index contributed by atoms with van der Waals surface area (Å²) in [7, 11) is 0. The molecule has 1 aliphatic rings. The molecule has 0 saturated carbocycles. The van der Waals surface area contributed by atoms with E-state index in [1.165, 1.54) is 29.2 Å². The molecule has 150 valence electrons. The number of nitrogens with zero attached hydrogens (tertiary/aromatic N) is 1. The van der Waals surface area contributed by atoms with E-state index in [-0.39, 0.29) is 34.4 Å². The molecule has 1 heterocycles. The van der Waals surface area contributed by atoms with Crippen molar-refractivity contribution >= 4 is 52.2 Å². The van der Waals surface area contributed by atoms with Crippen LogP contribution in [0.2, 0.25) is 0 Å². The van der Waals surface area contributed by atoms with Crippen molar-refractivity contribution in [2.24, 2.45) is 0 Å². The Hall–Kier alpha value is -2.53. The van der Waals surface area contributed by atoms with Crippen LogP contribution >= 0.6 is 24.0 Å². The molecule has 0 aromatic heterocycles. The maximum atomic E-state index is 12.5. The number of benzene rings is 1. The first-order valence-electron chi connectivity index (χ1n) is 8.05. The number of hydrogen-bond donors (Lipinski definition) is 2. The highest BCUT2D eigenvalue weighted by molar-refractivity contribution is 8.26. The lowest BCUT2D eigenvalue weighted by atomic mass is 10.2. The van der Waals surface area contributed by atoms with Gasteiger partial charge in [-0.3, -0.25) is 19.3 Å². The fourth-order valence-electron chi connectivity index (χ4n) is 2.30. The third-order valence-corrected chi connectivity index (χ3v) is 4.90. The van der Waals surface area contributed by atoms with E-state index in [0.717, 1.165) is 11.8 Å². The zero-order valence-corrected chi connectivity index (χ0v) is 16.0. The van der Waals surface area contributed by atoms with E-state index >= 15 is 0 Å². The maximum Gasteiger partial charge on any atom is 0.387 e. The molecule has 2 rings (SSSR count). The lowest BCUT2D eigenvalue weighted by Gasteiger charge is -2.14. The number of amides is 2. The van der Waals surface area contributed by atoms with Gasteiger partial charge in [0.05, 0.1) is 4.91 Å². The zero-order valence-electron chi connectivity index (χ0n) is 14.4. The van der Waals surface area contributed by atoms with E-state index < -0.39 is 30.9 Å². The number of carbonyl (C=O) groups excluding carboxylic acids is 2. The number of carbonyl (C=O) groups is 3. The minimum atomic E-state index is -2.99. The standard InChI is InChI=1S/C17H16F2N2O5S2/c18-16(19)26-11-5-2-1-4-10(11)8-12-15(25)21(17(27)28-12)7-3-6-13(22)20-9-14(23)24/h1-2,4-5,8,16H,3,6-7,9H2,(H,20,22)(H,23,24)/b12-8-. The SMILES string of the molecule is O=C(O)CNC(=O)CCCN1C(=O)/C(=C/c2ccccc2OC(F)F)SC1=S. The van der Waals surface area contributed by atoms with Gasteiger partial charge >= 0.3 is 12.6 Å². The van der Waals surface area contributed by atoms with Crippen LogP contribution in [0.5, 0.6) is 5.75 Å². The van der Waals surface area contributed by atoms with E-state index in [1.807, 2.05) is 0 Å². The van der Waals surface area contributed by atoms with Crippen molar-refractivity contribution in [3.63, 3.8) is 0 Å². The number of carboxylic acid groups (broad SMARTS) is 1. The summed E-state index contributed by atoms with van der Waals surface area (Å²) in [6, 6.07) is 6.07. The molecule has 7 nitrogen and oxygen atoms in total. The largest absolute Gasteiger partial charge is 0.480 e. The second kappa shape index (κ2) is 10.1. The number of hydrogen-bond acceptors (Lipinski definition) is 6. The minimum absolute atomic E-state index is 0.0362. The fraction of sp³-hybridized carbons (Fsp3) is 0.294. The Morgan fingerprint density at radius 2 is 2.07 bits per heavy atom. The number of thiocarbonyl (C=S) groups is 1. The first-order chi connectivity index (χ1) is 13.3. The quantitative estimate of drug-likeness (QED) is 0.459. The monoisotopic (exact) mass is 430 g/mol. The number of halogens is 2. The van der Waals surface area contributed by atoms with Gasteiger partial charge in [-0.25, -0.2) is 0 Å². The maximum absolute atomic E-state index is 12.5. The van der Waals surface area contributed by atoms with E-state index in [4.69, 9.17) is 17.3 Å². The molecule has 2 amide bonds. The molecule has 1 aliphatic heterocycles. The van der Waals surface area contributed by atoms with Gasteiger partial charge in [0.15, 0.2) is 0 Å². The number of nitrogens with one attached hydrogen (secondary N) is 1. The molecule has 2 N–H and O–H groups in total. The Morgan fingerprint density at radius 1 is 1.36 bits per heavy atom. The highest BCUT2D eigenvalue weighted by Gasteiger charge is 2.32. The highest BCUT2D eigenvalue weighted by atomic mass is 32.2. The normalized spacial score (nSPS) is 15.4. The molecule has 0 atom stereocenters. The molecule has 0 aliphatic carbocycles. The minimum Gasteiger partial charge on any atom is -0.480 e. The van der Waals surface area contributed by atoms with Crippen LogP contribution in [-0.2, 0) is 14.4 Å². The van der Waals surface area contributed by atoms with Crippen LogP contribution in [0.15, 0.2) is 29.2 Å². The van der Waals surface area contributed by atoms with Crippen LogP contribution < -0.4 is 10.1 Å². The zero-order chi connectivity index (χ0) is 20.7. The molecule has 0 unspecified atom stereocenters. The third kappa shape index (κ3) is 6.27. The van der Waals surface area contributed by atoms with Gasteiger partial charge in [-0.1, -0.05) is 42.2 Å². The van der Waals surface area contributed by atoms with Gasteiger partial charge < -0.3 is 15.2 Å². The van der Waals surface area contributed by atoms with E-state index in [0.29, 0.717) is 5.56 Å². The number of aliphatic carboxylic acids is 1. The van der Waals surface area contributed by atoms with Crippen molar-refractivity contribution in [3.8, 4) is 5.75 Å². The van der Waals surface area contributed by atoms with Crippen LogP contribution in [0.4, 0.5) is 8.78 Å². The van der Waals surface area contributed by atoms with Crippen LogP contribution in [0.25, 0.3) is 6.08 Å². The van der Waals surface area contributed by atoms with Crippen LogP contribution in [0.3, 0.4) is 0 Å². The molecular weight excluding hydrogens is 414 g/mol. The Bertz CT molecular complexity index is 816. The van der Waals surface area contributed by atoms with Crippen molar-refractivity contribution < 1.29 is 33.0 Å². The van der Waals surface area contributed by atoms with Crippen molar-refractivity contribution in [1.82, 2.24) is 10.2 Å². The van der Waals surface area contributed by atoms with Crippen molar-refractivity contribution in [2.75, 3.05) is 13.1 Å². The number of para-hydroxylation sites is 1. The van der Waals surface area contributed by atoms with Gasteiger partial charge in [-0.2, -0.15) is 8.78 Å². The predicted molar refractivity (Wildman–Crippen MR) is 103 cm³/mol. The topological polar surface area (TPSA) is 95.9 Å². The predicted octanol–water partition coefficient (Wildman–Crippen LogP) is 2.47. The summed E-state index contributed by atoms with van der Waals surface area (Å²) < 4.78 is 29.7. The smallest absolute Gasteiger partial charge is 0.387 e. The van der Waals surface area contributed by atoms with Gasteiger partial charge in [-0.05, 0) is 18.6 Å². The van der Waals surface area contributed by atoms with Gasteiger partial charge in [-0.15, -0.1) is 0 Å². The van der Waals surface area contributed by atoms with Crippen molar-refractivity contribution in [1.29, 1.82) is 0 Å². The summed E-state index contributed by atoms with van der Waals surface area (Å²) in [5.41, 5.74) is 0.316. The Balaban J connectivity index is 1.99. The second-order valence-electron chi connectivity index (χ2n) is 5.52. The van der Waals surface area contributed by atoms with Crippen LogP contribution in [0.1, 0.15) is 18.4 Å². The first kappa shape index (κ1) is 21.8. The lowest BCUT2D eigenvalue weighted by Crippen LogP contribution is -2.32. The number of ether oxygens (including phenoxy) is 1. The second-order valence-corrected chi connectivity index (χ2v) is 7.20. The third-order valence-electron chi connectivity index (χ3n) is 3.52. The summed E-state index contributed by atoms with van der Waals surface area (Å²) in [5, 5.41) is 10.7. The van der Waals surface area contributed by atoms with Crippen LogP contribution in [0, 0.1) is 0 Å². The molecule has 1 aromatic rings. The number of thioether (sulfide) groups is 1. The van der Waals surface area contributed by atoms with Gasteiger partial charge in [0.2, 0.25) is 5.91 Å². The molecule has 11 heteroatoms. The van der Waals surface area contributed by atoms with Crippen molar-refractivity contribution in [3.05, 3.63) is 34.7 Å². The number of rotatable bonds is 9. The molecule has 1 aromatic carbocycles. The molecule has 1 saturated heterocycles. The Kier molecular flexibility index (Phi) is 7.88. The van der Waals surface area contributed by atoms with Crippen LogP contribution in [-0.4, -0.2) is 51.8 Å². The van der Waals surface area contributed by atoms with Gasteiger partial charge in [0.1, 0.15) is 16.6 Å². The average Bonchev–Trinajstić information content (AvgIpc) is 2.88. The van der Waals surface area contributed by atoms with Gasteiger partial charge in [0, 0.05) is 18.5 Å². The highest BCUT2D eigenvalue weighted by Crippen LogP contribution is 2.34. The molecular formula is C17H16F2N2O5S2.